The van der Waals surface area contributed by atoms with Crippen molar-refractivity contribution in [1.29, 1.82) is 5.26 Å². The van der Waals surface area contributed by atoms with Crippen LogP contribution in [0.4, 0.5) is 0 Å². The summed E-state index contributed by atoms with van der Waals surface area (Å²) in [5, 5.41) is 15.9. The lowest BCUT2D eigenvalue weighted by Crippen LogP contribution is -2.48. The van der Waals surface area contributed by atoms with Gasteiger partial charge in [0.15, 0.2) is 0 Å². The first-order valence-corrected chi connectivity index (χ1v) is 11.4. The topological polar surface area (TPSA) is 99.1 Å². The molecule has 3 aromatic rings. The number of carbonyl (C=O) groups excluding carboxylic acids is 1. The number of benzene rings is 1. The quantitative estimate of drug-likeness (QED) is 0.549. The Labute approximate surface area is 165 Å². The van der Waals surface area contributed by atoms with Crippen molar-refractivity contribution >= 4 is 48.7 Å². The second-order valence-corrected chi connectivity index (χ2v) is 9.57. The van der Waals surface area contributed by atoms with E-state index < -0.39 is 22.0 Å². The van der Waals surface area contributed by atoms with Crippen LogP contribution in [0.15, 0.2) is 51.4 Å². The maximum atomic E-state index is 12.6. The second-order valence-electron chi connectivity index (χ2n) is 5.77. The van der Waals surface area contributed by atoms with Crippen LogP contribution in [0.3, 0.4) is 0 Å². The first-order valence-electron chi connectivity index (χ1n) is 8.17. The summed E-state index contributed by atoms with van der Waals surface area (Å²) in [6.07, 6.45) is 0.393. The number of fused-ring (bicyclic) bond motifs is 1. The molecule has 0 saturated heterocycles. The van der Waals surface area contributed by atoms with E-state index in [0.717, 1.165) is 27.0 Å². The fourth-order valence-electron chi connectivity index (χ4n) is 2.63. The molecular formula is C18H17N3O3S3. The van der Waals surface area contributed by atoms with Gasteiger partial charge in [-0.05, 0) is 40.3 Å². The smallest absolute Gasteiger partial charge is 0.250 e. The summed E-state index contributed by atoms with van der Waals surface area (Å²) in [5.41, 5.74) is 0.907. The van der Waals surface area contributed by atoms with E-state index >= 15 is 0 Å². The van der Waals surface area contributed by atoms with Crippen molar-refractivity contribution in [2.75, 3.05) is 6.54 Å². The van der Waals surface area contributed by atoms with Crippen molar-refractivity contribution in [3.8, 4) is 6.07 Å². The molecule has 1 aromatic carbocycles. The standard InChI is InChI=1S/C18H17N3O3S3/c19-8-4-9-20-18(22)15(21-27(23,24)17-7-3-10-25-17)11-13-12-26-16-6-2-1-5-14(13)16/h1-3,5-7,10,12,15,21H,4,9,11H2,(H,20,22). The third-order valence-corrected chi connectivity index (χ3v) is 7.78. The van der Waals surface area contributed by atoms with Gasteiger partial charge in [0.2, 0.25) is 5.91 Å². The summed E-state index contributed by atoms with van der Waals surface area (Å²) in [4.78, 5) is 12.6. The molecule has 9 heteroatoms. The van der Waals surface area contributed by atoms with E-state index in [0.29, 0.717) is 0 Å². The lowest BCUT2D eigenvalue weighted by molar-refractivity contribution is -0.122. The summed E-state index contributed by atoms with van der Waals surface area (Å²) >= 11 is 2.65. The number of hydrogen-bond donors (Lipinski definition) is 2. The molecule has 0 bridgehead atoms. The largest absolute Gasteiger partial charge is 0.354 e. The zero-order valence-corrected chi connectivity index (χ0v) is 16.7. The molecule has 1 unspecified atom stereocenters. The third-order valence-electron chi connectivity index (χ3n) is 3.90. The van der Waals surface area contributed by atoms with Gasteiger partial charge in [-0.2, -0.15) is 9.98 Å². The Bertz CT molecular complexity index is 1070. The Morgan fingerprint density at radius 1 is 1.19 bits per heavy atom. The first kappa shape index (κ1) is 19.5. The van der Waals surface area contributed by atoms with Gasteiger partial charge in [-0.25, -0.2) is 8.42 Å². The van der Waals surface area contributed by atoms with E-state index in [1.165, 1.54) is 6.07 Å². The number of nitrogens with zero attached hydrogens (tertiary/aromatic N) is 1. The molecule has 0 spiro atoms. The van der Waals surface area contributed by atoms with Gasteiger partial charge in [0.05, 0.1) is 12.5 Å². The molecule has 0 saturated carbocycles. The van der Waals surface area contributed by atoms with Gasteiger partial charge in [0, 0.05) is 11.2 Å². The normalized spacial score (nSPS) is 12.6. The van der Waals surface area contributed by atoms with E-state index in [9.17, 15) is 13.2 Å². The highest BCUT2D eigenvalue weighted by molar-refractivity contribution is 7.91. The van der Waals surface area contributed by atoms with Crippen molar-refractivity contribution < 1.29 is 13.2 Å². The number of rotatable bonds is 8. The van der Waals surface area contributed by atoms with Gasteiger partial charge in [-0.15, -0.1) is 22.7 Å². The van der Waals surface area contributed by atoms with Gasteiger partial charge in [0.1, 0.15) is 10.3 Å². The number of nitriles is 1. The molecule has 2 heterocycles. The van der Waals surface area contributed by atoms with Crippen molar-refractivity contribution in [3.05, 3.63) is 52.7 Å². The van der Waals surface area contributed by atoms with Crippen LogP contribution in [0.25, 0.3) is 10.1 Å². The third kappa shape index (κ3) is 4.73. The minimum Gasteiger partial charge on any atom is -0.354 e. The van der Waals surface area contributed by atoms with E-state index in [2.05, 4.69) is 10.0 Å². The van der Waals surface area contributed by atoms with Crippen LogP contribution in [0.1, 0.15) is 12.0 Å². The highest BCUT2D eigenvalue weighted by Gasteiger charge is 2.27. The zero-order valence-electron chi connectivity index (χ0n) is 14.2. The van der Waals surface area contributed by atoms with Crippen LogP contribution in [0, 0.1) is 11.3 Å². The van der Waals surface area contributed by atoms with Crippen LogP contribution in [-0.4, -0.2) is 26.9 Å². The molecular weight excluding hydrogens is 402 g/mol. The summed E-state index contributed by atoms with van der Waals surface area (Å²) in [7, 11) is -3.80. The fraction of sp³-hybridized carbons (Fsp3) is 0.222. The number of hydrogen-bond acceptors (Lipinski definition) is 6. The SMILES string of the molecule is N#CCCNC(=O)C(Cc1csc2ccccc12)NS(=O)(=O)c1cccs1. The molecule has 1 atom stereocenters. The molecule has 140 valence electrons. The molecule has 0 aliphatic rings. The van der Waals surface area contributed by atoms with Gasteiger partial charge >= 0.3 is 0 Å². The monoisotopic (exact) mass is 419 g/mol. The Balaban J connectivity index is 1.85. The van der Waals surface area contributed by atoms with Crippen LogP contribution < -0.4 is 10.0 Å². The molecule has 2 aromatic heterocycles. The Kier molecular flexibility index (Phi) is 6.23. The average Bonchev–Trinajstić information content (AvgIpc) is 3.32. The maximum Gasteiger partial charge on any atom is 0.250 e. The van der Waals surface area contributed by atoms with Crippen molar-refractivity contribution in [1.82, 2.24) is 10.0 Å². The molecule has 27 heavy (non-hydrogen) atoms. The second kappa shape index (κ2) is 8.63. The van der Waals surface area contributed by atoms with Crippen molar-refractivity contribution in [3.63, 3.8) is 0 Å². The van der Waals surface area contributed by atoms with Gasteiger partial charge in [-0.1, -0.05) is 24.3 Å². The Hall–Kier alpha value is -2.25. The number of sulfonamides is 1. The van der Waals surface area contributed by atoms with E-state index in [1.54, 1.807) is 22.8 Å². The molecule has 1 amide bonds. The average molecular weight is 420 g/mol. The van der Waals surface area contributed by atoms with Crippen molar-refractivity contribution in [2.24, 2.45) is 0 Å². The minimum atomic E-state index is -3.80. The number of amides is 1. The molecule has 0 fully saturated rings. The van der Waals surface area contributed by atoms with Crippen LogP contribution in [0.5, 0.6) is 0 Å². The predicted octanol–water partition coefficient (Wildman–Crippen LogP) is 2.88. The molecule has 6 nitrogen and oxygen atoms in total. The number of nitrogens with one attached hydrogen (secondary N) is 2. The maximum absolute atomic E-state index is 12.6. The fourth-order valence-corrected chi connectivity index (χ4v) is 5.81. The lowest BCUT2D eigenvalue weighted by atomic mass is 10.1. The highest BCUT2D eigenvalue weighted by atomic mass is 32.2. The van der Waals surface area contributed by atoms with E-state index in [4.69, 9.17) is 5.26 Å². The van der Waals surface area contributed by atoms with Gasteiger partial charge in [0.25, 0.3) is 10.0 Å². The van der Waals surface area contributed by atoms with Crippen LogP contribution >= 0.6 is 22.7 Å². The summed E-state index contributed by atoms with van der Waals surface area (Å²) in [6, 6.07) is 11.9. The summed E-state index contributed by atoms with van der Waals surface area (Å²) < 4.78 is 29.0. The Morgan fingerprint density at radius 3 is 2.74 bits per heavy atom. The number of carbonyl (C=O) groups is 1. The zero-order chi connectivity index (χ0) is 19.3. The summed E-state index contributed by atoms with van der Waals surface area (Å²) in [5.74, 6) is -0.444. The van der Waals surface area contributed by atoms with Crippen LogP contribution in [0.2, 0.25) is 0 Å². The summed E-state index contributed by atoms with van der Waals surface area (Å²) in [6.45, 7) is 0.178. The molecule has 0 aliphatic carbocycles. The van der Waals surface area contributed by atoms with E-state index in [-0.39, 0.29) is 23.6 Å². The minimum absolute atomic E-state index is 0.160. The highest BCUT2D eigenvalue weighted by Crippen LogP contribution is 2.27. The predicted molar refractivity (Wildman–Crippen MR) is 107 cm³/mol. The molecule has 0 radical (unpaired) electrons. The Morgan fingerprint density at radius 2 is 2.00 bits per heavy atom. The molecule has 0 aliphatic heterocycles. The lowest BCUT2D eigenvalue weighted by Gasteiger charge is -2.17. The molecule has 3 rings (SSSR count). The first-order chi connectivity index (χ1) is 13.0. The van der Waals surface area contributed by atoms with Gasteiger partial charge < -0.3 is 5.32 Å². The molecule has 2 N–H and O–H groups in total. The van der Waals surface area contributed by atoms with E-state index in [1.807, 2.05) is 35.7 Å². The van der Waals surface area contributed by atoms with Gasteiger partial charge in [-0.3, -0.25) is 4.79 Å². The van der Waals surface area contributed by atoms with Crippen molar-refractivity contribution in [2.45, 2.75) is 23.1 Å². The number of thiophene rings is 2. The van der Waals surface area contributed by atoms with Crippen LogP contribution in [-0.2, 0) is 21.2 Å².